The molecule has 1 aromatic rings. The van der Waals surface area contributed by atoms with Crippen molar-refractivity contribution in [3.05, 3.63) is 22.4 Å². The van der Waals surface area contributed by atoms with Gasteiger partial charge in [-0.1, -0.05) is 6.07 Å². The first-order valence-electron chi connectivity index (χ1n) is 8.76. The summed E-state index contributed by atoms with van der Waals surface area (Å²) in [5, 5.41) is 11.0. The molecule has 2 amide bonds. The highest BCUT2D eigenvalue weighted by Crippen LogP contribution is 2.19. The summed E-state index contributed by atoms with van der Waals surface area (Å²) in [6.07, 6.45) is 4.49. The van der Waals surface area contributed by atoms with Crippen LogP contribution < -0.4 is 0 Å². The van der Waals surface area contributed by atoms with Gasteiger partial charge in [0, 0.05) is 37.4 Å². The lowest BCUT2D eigenvalue weighted by Gasteiger charge is -2.28. The minimum atomic E-state index is -0.999. The van der Waals surface area contributed by atoms with Crippen molar-refractivity contribution in [2.45, 2.75) is 51.5 Å². The topological polar surface area (TPSA) is 77.9 Å². The number of rotatable bonds is 7. The van der Waals surface area contributed by atoms with Crippen LogP contribution in [-0.2, 0) is 20.8 Å². The van der Waals surface area contributed by atoms with E-state index in [1.54, 1.807) is 11.3 Å². The van der Waals surface area contributed by atoms with Crippen LogP contribution in [0.1, 0.15) is 43.9 Å². The molecule has 0 aromatic carbocycles. The number of hydrogen-bond donors (Lipinski definition) is 1. The van der Waals surface area contributed by atoms with E-state index in [0.29, 0.717) is 25.9 Å². The van der Waals surface area contributed by atoms with Gasteiger partial charge >= 0.3 is 5.97 Å². The summed E-state index contributed by atoms with van der Waals surface area (Å²) in [4.78, 5) is 39.7. The molecule has 1 unspecified atom stereocenters. The Morgan fingerprint density at radius 2 is 2.12 bits per heavy atom. The SMILES string of the molecule is CC(=O)N(CC(=O)O)C1CCCN(C(=O)CCCc2cccs2)CC1. The molecular formula is C18H26N2O4S. The maximum Gasteiger partial charge on any atom is 0.323 e. The average molecular weight is 366 g/mol. The first-order valence-corrected chi connectivity index (χ1v) is 9.64. The Kier molecular flexibility index (Phi) is 7.43. The standard InChI is InChI=1S/C18H26N2O4S/c1-14(21)20(13-18(23)24)15-5-3-10-19(11-9-15)17(22)8-2-6-16-7-4-12-25-16/h4,7,12,15H,2-3,5-6,8-11,13H2,1H3,(H,23,24). The molecule has 0 radical (unpaired) electrons. The number of carboxylic acid groups (broad SMARTS) is 1. The Morgan fingerprint density at radius 1 is 1.32 bits per heavy atom. The van der Waals surface area contributed by atoms with Crippen LogP contribution in [0.4, 0.5) is 0 Å². The van der Waals surface area contributed by atoms with Crippen molar-refractivity contribution in [1.29, 1.82) is 0 Å². The second-order valence-electron chi connectivity index (χ2n) is 6.44. The molecule has 1 saturated heterocycles. The van der Waals surface area contributed by atoms with Crippen molar-refractivity contribution < 1.29 is 19.5 Å². The third-order valence-corrected chi connectivity index (χ3v) is 5.53. The highest BCUT2D eigenvalue weighted by atomic mass is 32.1. The maximum atomic E-state index is 12.4. The first-order chi connectivity index (χ1) is 12.0. The zero-order valence-electron chi connectivity index (χ0n) is 14.6. The van der Waals surface area contributed by atoms with Crippen molar-refractivity contribution in [3.63, 3.8) is 0 Å². The fraction of sp³-hybridized carbons (Fsp3) is 0.611. The zero-order valence-corrected chi connectivity index (χ0v) is 15.5. The summed E-state index contributed by atoms with van der Waals surface area (Å²) in [6.45, 7) is 2.41. The van der Waals surface area contributed by atoms with E-state index in [1.807, 2.05) is 16.3 Å². The van der Waals surface area contributed by atoms with E-state index in [1.165, 1.54) is 16.7 Å². The number of aliphatic carboxylic acids is 1. The Hall–Kier alpha value is -1.89. The van der Waals surface area contributed by atoms with Gasteiger partial charge in [0.1, 0.15) is 6.54 Å². The molecule has 1 aromatic heterocycles. The Morgan fingerprint density at radius 3 is 2.76 bits per heavy atom. The van der Waals surface area contributed by atoms with Crippen molar-refractivity contribution in [2.24, 2.45) is 0 Å². The molecule has 2 heterocycles. The van der Waals surface area contributed by atoms with Crippen LogP contribution in [-0.4, -0.2) is 58.4 Å². The van der Waals surface area contributed by atoms with Crippen LogP contribution in [0.15, 0.2) is 17.5 Å². The fourth-order valence-electron chi connectivity index (χ4n) is 3.31. The summed E-state index contributed by atoms with van der Waals surface area (Å²) in [5.41, 5.74) is 0. The van der Waals surface area contributed by atoms with Gasteiger partial charge < -0.3 is 14.9 Å². The van der Waals surface area contributed by atoms with E-state index >= 15 is 0 Å². The summed E-state index contributed by atoms with van der Waals surface area (Å²) in [6, 6.07) is 4.01. The molecule has 138 valence electrons. The van der Waals surface area contributed by atoms with E-state index in [4.69, 9.17) is 5.11 Å². The third-order valence-electron chi connectivity index (χ3n) is 4.60. The van der Waals surface area contributed by atoms with Gasteiger partial charge in [-0.2, -0.15) is 0 Å². The molecule has 1 aliphatic heterocycles. The quantitative estimate of drug-likeness (QED) is 0.804. The number of likely N-dealkylation sites (tertiary alicyclic amines) is 1. The summed E-state index contributed by atoms with van der Waals surface area (Å²) in [5.74, 6) is -1.06. The number of carbonyl (C=O) groups excluding carboxylic acids is 2. The maximum absolute atomic E-state index is 12.4. The van der Waals surface area contributed by atoms with Crippen molar-refractivity contribution in [3.8, 4) is 0 Å². The fourth-order valence-corrected chi connectivity index (χ4v) is 4.06. The monoisotopic (exact) mass is 366 g/mol. The number of thiophene rings is 1. The lowest BCUT2D eigenvalue weighted by molar-refractivity contribution is -0.145. The predicted molar refractivity (Wildman–Crippen MR) is 96.5 cm³/mol. The molecule has 1 atom stereocenters. The molecule has 0 spiro atoms. The normalized spacial score (nSPS) is 17.8. The van der Waals surface area contributed by atoms with Crippen LogP contribution in [0.5, 0.6) is 0 Å². The molecule has 6 nitrogen and oxygen atoms in total. The van der Waals surface area contributed by atoms with Crippen molar-refractivity contribution in [2.75, 3.05) is 19.6 Å². The molecule has 1 N–H and O–H groups in total. The van der Waals surface area contributed by atoms with Crippen LogP contribution >= 0.6 is 11.3 Å². The Balaban J connectivity index is 1.81. The van der Waals surface area contributed by atoms with Gasteiger partial charge in [-0.15, -0.1) is 11.3 Å². The molecule has 1 aliphatic rings. The van der Waals surface area contributed by atoms with E-state index < -0.39 is 5.97 Å². The van der Waals surface area contributed by atoms with Gasteiger partial charge in [0.15, 0.2) is 0 Å². The smallest absolute Gasteiger partial charge is 0.323 e. The highest BCUT2D eigenvalue weighted by molar-refractivity contribution is 7.09. The van der Waals surface area contributed by atoms with Crippen LogP contribution in [0.25, 0.3) is 0 Å². The Bertz CT molecular complexity index is 588. The van der Waals surface area contributed by atoms with E-state index in [2.05, 4.69) is 6.07 Å². The summed E-state index contributed by atoms with van der Waals surface area (Å²) >= 11 is 1.71. The lowest BCUT2D eigenvalue weighted by atomic mass is 10.1. The number of carbonyl (C=O) groups is 3. The van der Waals surface area contributed by atoms with E-state index in [9.17, 15) is 14.4 Å². The van der Waals surface area contributed by atoms with Gasteiger partial charge in [-0.05, 0) is 43.6 Å². The minimum Gasteiger partial charge on any atom is -0.480 e. The van der Waals surface area contributed by atoms with Crippen LogP contribution in [0, 0.1) is 0 Å². The molecular weight excluding hydrogens is 340 g/mol. The largest absolute Gasteiger partial charge is 0.480 e. The van der Waals surface area contributed by atoms with Gasteiger partial charge in [-0.25, -0.2) is 0 Å². The van der Waals surface area contributed by atoms with Gasteiger partial charge in [0.25, 0.3) is 0 Å². The van der Waals surface area contributed by atoms with E-state index in [0.717, 1.165) is 25.7 Å². The van der Waals surface area contributed by atoms with Crippen LogP contribution in [0.2, 0.25) is 0 Å². The first kappa shape index (κ1) is 19.4. The van der Waals surface area contributed by atoms with Crippen molar-refractivity contribution >= 4 is 29.1 Å². The predicted octanol–water partition coefficient (Wildman–Crippen LogP) is 2.38. The number of amides is 2. The third kappa shape index (κ3) is 6.16. The second-order valence-corrected chi connectivity index (χ2v) is 7.47. The zero-order chi connectivity index (χ0) is 18.2. The Labute approximate surface area is 152 Å². The van der Waals surface area contributed by atoms with Gasteiger partial charge in [-0.3, -0.25) is 14.4 Å². The number of aryl methyl sites for hydroxylation is 1. The lowest BCUT2D eigenvalue weighted by Crippen LogP contribution is -2.43. The van der Waals surface area contributed by atoms with Crippen LogP contribution in [0.3, 0.4) is 0 Å². The average Bonchev–Trinajstić information content (AvgIpc) is 2.95. The summed E-state index contributed by atoms with van der Waals surface area (Å²) in [7, 11) is 0. The van der Waals surface area contributed by atoms with Gasteiger partial charge in [0.05, 0.1) is 0 Å². The molecule has 0 saturated carbocycles. The van der Waals surface area contributed by atoms with Crippen molar-refractivity contribution in [1.82, 2.24) is 9.80 Å². The molecule has 7 heteroatoms. The second kappa shape index (κ2) is 9.56. The minimum absolute atomic E-state index is 0.0995. The molecule has 1 fully saturated rings. The molecule has 0 bridgehead atoms. The molecule has 0 aliphatic carbocycles. The molecule has 25 heavy (non-hydrogen) atoms. The number of carboxylic acids is 1. The van der Waals surface area contributed by atoms with Gasteiger partial charge in [0.2, 0.25) is 11.8 Å². The van der Waals surface area contributed by atoms with E-state index in [-0.39, 0.29) is 24.4 Å². The number of hydrogen-bond acceptors (Lipinski definition) is 4. The molecule has 2 rings (SSSR count). The highest BCUT2D eigenvalue weighted by Gasteiger charge is 2.27. The summed E-state index contributed by atoms with van der Waals surface area (Å²) < 4.78 is 0. The number of nitrogens with zero attached hydrogens (tertiary/aromatic N) is 2.